The molecule has 0 unspecified atom stereocenters. The minimum atomic E-state index is -0.107. The van der Waals surface area contributed by atoms with Crippen molar-refractivity contribution < 1.29 is 5.11 Å². The van der Waals surface area contributed by atoms with E-state index >= 15 is 0 Å². The van der Waals surface area contributed by atoms with Crippen molar-refractivity contribution in [2.75, 3.05) is 5.32 Å². The molecule has 0 aliphatic carbocycles. The van der Waals surface area contributed by atoms with Gasteiger partial charge in [0.05, 0.1) is 29.2 Å². The van der Waals surface area contributed by atoms with E-state index in [1.807, 2.05) is 18.2 Å². The number of anilines is 1. The predicted molar refractivity (Wildman–Crippen MR) is 97.5 cm³/mol. The van der Waals surface area contributed by atoms with Crippen LogP contribution in [0.3, 0.4) is 0 Å². The second kappa shape index (κ2) is 9.10. The van der Waals surface area contributed by atoms with Gasteiger partial charge in [0, 0.05) is 10.1 Å². The third kappa shape index (κ3) is 5.93. The molecule has 0 amide bonds. The second-order valence-corrected chi connectivity index (χ2v) is 7.03. The van der Waals surface area contributed by atoms with Gasteiger partial charge in [-0.25, -0.2) is 4.99 Å². The number of aliphatic hydroxyl groups is 1. The molecule has 0 saturated carbocycles. The van der Waals surface area contributed by atoms with E-state index in [0.717, 1.165) is 16.1 Å². The average molecular weight is 360 g/mol. The summed E-state index contributed by atoms with van der Waals surface area (Å²) in [4.78, 5) is 4.68. The lowest BCUT2D eigenvalue weighted by Crippen LogP contribution is -2.04. The molecule has 7 heteroatoms. The molecule has 22 heavy (non-hydrogen) atoms. The number of nitrogens with zero attached hydrogens (tertiary/aromatic N) is 1. The number of allylic oxidation sites excluding steroid dienone is 1. The summed E-state index contributed by atoms with van der Waals surface area (Å²) >= 11 is 13.2. The van der Waals surface area contributed by atoms with Gasteiger partial charge >= 0.3 is 0 Å². The molecular formula is C15H19Cl2N3OS. The van der Waals surface area contributed by atoms with Crippen LogP contribution in [0.2, 0.25) is 0 Å². The lowest BCUT2D eigenvalue weighted by atomic mass is 10.2. The van der Waals surface area contributed by atoms with E-state index in [2.05, 4.69) is 30.7 Å². The van der Waals surface area contributed by atoms with Crippen molar-refractivity contribution >= 4 is 45.9 Å². The van der Waals surface area contributed by atoms with E-state index in [1.165, 1.54) is 6.20 Å². The van der Waals surface area contributed by atoms with Crippen LogP contribution in [-0.2, 0) is 6.61 Å². The van der Waals surface area contributed by atoms with Gasteiger partial charge in [0.2, 0.25) is 0 Å². The molecule has 0 saturated heterocycles. The van der Waals surface area contributed by atoms with Crippen LogP contribution < -0.4 is 11.1 Å². The maximum Gasteiger partial charge on any atom is 0.193 e. The van der Waals surface area contributed by atoms with E-state index in [1.54, 1.807) is 11.8 Å². The Balaban J connectivity index is 3.04. The van der Waals surface area contributed by atoms with E-state index in [4.69, 9.17) is 28.9 Å². The Labute approximate surface area is 145 Å². The molecule has 1 rings (SSSR count). The number of benzene rings is 1. The normalized spacial score (nSPS) is 12.6. The van der Waals surface area contributed by atoms with Gasteiger partial charge in [0.25, 0.3) is 0 Å². The smallest absolute Gasteiger partial charge is 0.193 e. The molecule has 1 aromatic rings. The molecule has 1 aromatic carbocycles. The van der Waals surface area contributed by atoms with Crippen molar-refractivity contribution in [1.29, 1.82) is 0 Å². The van der Waals surface area contributed by atoms with Gasteiger partial charge in [0.1, 0.15) is 0 Å². The largest absolute Gasteiger partial charge is 0.392 e. The number of nitrogens with two attached hydrogens (primary N) is 1. The summed E-state index contributed by atoms with van der Waals surface area (Å²) < 4.78 is 0. The summed E-state index contributed by atoms with van der Waals surface area (Å²) in [5.41, 5.74) is 7.37. The van der Waals surface area contributed by atoms with Crippen LogP contribution in [0.5, 0.6) is 0 Å². The number of aliphatic hydroxyl groups excluding tert-OH is 1. The van der Waals surface area contributed by atoms with Crippen LogP contribution in [0.25, 0.3) is 0 Å². The van der Waals surface area contributed by atoms with Crippen molar-refractivity contribution in [3.8, 4) is 0 Å². The predicted octanol–water partition coefficient (Wildman–Crippen LogP) is 4.24. The number of hydrogen-bond donors (Lipinski definition) is 3. The first-order valence-corrected chi connectivity index (χ1v) is 8.18. The maximum atomic E-state index is 9.50. The van der Waals surface area contributed by atoms with E-state index in [9.17, 15) is 5.11 Å². The van der Waals surface area contributed by atoms with Crippen molar-refractivity contribution in [2.24, 2.45) is 10.7 Å². The number of aliphatic imine (C=N–C) groups is 1. The summed E-state index contributed by atoms with van der Waals surface area (Å²) in [6.07, 6.45) is 1.32. The Bertz CT molecular complexity index is 596. The Morgan fingerprint density at radius 2 is 2.18 bits per heavy atom. The molecule has 4 nitrogen and oxygen atoms in total. The van der Waals surface area contributed by atoms with Crippen LogP contribution in [0.15, 0.2) is 51.6 Å². The lowest BCUT2D eigenvalue weighted by Gasteiger charge is -2.17. The molecule has 4 N–H and O–H groups in total. The Kier molecular flexibility index (Phi) is 7.82. The van der Waals surface area contributed by atoms with E-state index in [-0.39, 0.29) is 11.9 Å². The molecule has 0 bridgehead atoms. The van der Waals surface area contributed by atoms with Crippen molar-refractivity contribution in [1.82, 2.24) is 0 Å². The van der Waals surface area contributed by atoms with Crippen LogP contribution in [0.4, 0.5) is 5.69 Å². The minimum Gasteiger partial charge on any atom is -0.392 e. The highest BCUT2D eigenvalue weighted by atomic mass is 35.5. The van der Waals surface area contributed by atoms with Crippen molar-refractivity contribution in [2.45, 2.75) is 30.6 Å². The summed E-state index contributed by atoms with van der Waals surface area (Å²) in [5, 5.41) is 13.2. The van der Waals surface area contributed by atoms with E-state index < -0.39 is 0 Å². The Morgan fingerprint density at radius 3 is 2.73 bits per heavy atom. The third-order valence-corrected chi connectivity index (χ3v) is 4.11. The van der Waals surface area contributed by atoms with E-state index in [0.29, 0.717) is 16.0 Å². The Hall–Kier alpha value is -1.14. The number of halogens is 2. The molecule has 0 heterocycles. The number of hydrogen-bond acceptors (Lipinski definition) is 4. The van der Waals surface area contributed by atoms with Crippen LogP contribution in [0.1, 0.15) is 19.4 Å². The van der Waals surface area contributed by atoms with Crippen molar-refractivity contribution in [3.63, 3.8) is 0 Å². The van der Waals surface area contributed by atoms with Gasteiger partial charge in [-0.15, -0.1) is 11.8 Å². The number of thioether (sulfide) groups is 1. The van der Waals surface area contributed by atoms with Crippen molar-refractivity contribution in [3.05, 3.63) is 47.3 Å². The van der Waals surface area contributed by atoms with Gasteiger partial charge in [-0.05, 0) is 23.2 Å². The summed E-state index contributed by atoms with van der Waals surface area (Å²) in [7, 11) is 0. The first-order chi connectivity index (χ1) is 10.3. The molecular weight excluding hydrogens is 341 g/mol. The average Bonchev–Trinajstić information content (AvgIpc) is 2.45. The quantitative estimate of drug-likeness (QED) is 0.224. The zero-order valence-corrected chi connectivity index (χ0v) is 14.8. The fourth-order valence-corrected chi connectivity index (χ4v) is 2.75. The van der Waals surface area contributed by atoms with Gasteiger partial charge in [-0.3, -0.25) is 0 Å². The van der Waals surface area contributed by atoms with Crippen LogP contribution in [0, 0.1) is 0 Å². The number of rotatable bonds is 7. The highest BCUT2D eigenvalue weighted by Crippen LogP contribution is 2.35. The SMILES string of the molecule is C=C(Nc1cccc(CO)c1SC(C)C)/C(Cl)=C\N=C(N)Cl. The molecule has 120 valence electrons. The first kappa shape index (κ1) is 18.9. The zero-order valence-electron chi connectivity index (χ0n) is 12.4. The topological polar surface area (TPSA) is 70.6 Å². The van der Waals surface area contributed by atoms with Gasteiger partial charge < -0.3 is 16.2 Å². The standard InChI is InChI=1S/C15H19Cl2N3OS/c1-9(2)22-14-11(8-21)5-4-6-13(14)20-10(3)12(16)7-19-15(17)18/h4-7,9,20-21H,3,8H2,1-2H3,(H2,18,19)/b12-7+. The lowest BCUT2D eigenvalue weighted by molar-refractivity contribution is 0.279. The Morgan fingerprint density at radius 1 is 1.50 bits per heavy atom. The maximum absolute atomic E-state index is 9.50. The van der Waals surface area contributed by atoms with Gasteiger partial charge in [-0.2, -0.15) is 0 Å². The fourth-order valence-electron chi connectivity index (χ4n) is 1.60. The molecule has 0 aliphatic heterocycles. The number of nitrogens with one attached hydrogen (secondary N) is 1. The minimum absolute atomic E-state index is 0.0340. The highest BCUT2D eigenvalue weighted by molar-refractivity contribution is 8.00. The molecule has 0 spiro atoms. The van der Waals surface area contributed by atoms with Crippen LogP contribution >= 0.6 is 35.0 Å². The molecule has 0 fully saturated rings. The molecule has 0 aliphatic rings. The van der Waals surface area contributed by atoms with Gasteiger partial charge in [0.15, 0.2) is 5.29 Å². The first-order valence-electron chi connectivity index (χ1n) is 6.55. The second-order valence-electron chi connectivity index (χ2n) is 4.65. The van der Waals surface area contributed by atoms with Crippen LogP contribution in [-0.4, -0.2) is 15.7 Å². The monoisotopic (exact) mass is 359 g/mol. The van der Waals surface area contributed by atoms with Gasteiger partial charge in [-0.1, -0.05) is 44.2 Å². The molecule has 0 radical (unpaired) electrons. The third-order valence-electron chi connectivity index (χ3n) is 2.50. The fraction of sp³-hybridized carbons (Fsp3) is 0.267. The molecule has 0 aromatic heterocycles. The summed E-state index contributed by atoms with van der Waals surface area (Å²) in [5.74, 6) is 0. The summed E-state index contributed by atoms with van der Waals surface area (Å²) in [6.45, 7) is 8.00. The summed E-state index contributed by atoms with van der Waals surface area (Å²) in [6, 6.07) is 5.64. The zero-order chi connectivity index (χ0) is 16.7. The number of amidine groups is 1. The highest BCUT2D eigenvalue weighted by Gasteiger charge is 2.12. The molecule has 0 atom stereocenters.